The van der Waals surface area contributed by atoms with Crippen LogP contribution < -0.4 is 5.32 Å². The lowest BCUT2D eigenvalue weighted by Gasteiger charge is -2.37. The van der Waals surface area contributed by atoms with E-state index in [-0.39, 0.29) is 0 Å². The molecule has 1 aliphatic rings. The molecule has 1 heterocycles. The molecule has 2 nitrogen and oxygen atoms in total. The van der Waals surface area contributed by atoms with Crippen LogP contribution in [0.15, 0.2) is 18.2 Å². The molecule has 0 aliphatic carbocycles. The fourth-order valence-electron chi connectivity index (χ4n) is 3.03. The summed E-state index contributed by atoms with van der Waals surface area (Å²) in [6.07, 6.45) is 1.24. The van der Waals surface area contributed by atoms with Crippen molar-refractivity contribution in [2.75, 3.05) is 27.2 Å². The molecule has 0 aromatic heterocycles. The highest BCUT2D eigenvalue weighted by molar-refractivity contribution is 5.32. The molecule has 0 bridgehead atoms. The van der Waals surface area contributed by atoms with Crippen molar-refractivity contribution in [3.8, 4) is 0 Å². The van der Waals surface area contributed by atoms with Crippen LogP contribution in [0.3, 0.4) is 0 Å². The van der Waals surface area contributed by atoms with Gasteiger partial charge >= 0.3 is 0 Å². The van der Waals surface area contributed by atoms with Gasteiger partial charge in [0.15, 0.2) is 0 Å². The van der Waals surface area contributed by atoms with Crippen LogP contribution in [0, 0.1) is 13.8 Å². The van der Waals surface area contributed by atoms with Gasteiger partial charge < -0.3 is 10.2 Å². The van der Waals surface area contributed by atoms with Crippen molar-refractivity contribution in [2.24, 2.45) is 0 Å². The predicted molar refractivity (Wildman–Crippen MR) is 73.6 cm³/mol. The van der Waals surface area contributed by atoms with E-state index in [0.29, 0.717) is 12.0 Å². The van der Waals surface area contributed by atoms with Crippen LogP contribution in [0.5, 0.6) is 0 Å². The maximum absolute atomic E-state index is 3.53. The first-order chi connectivity index (χ1) is 8.08. The molecule has 1 saturated heterocycles. The van der Waals surface area contributed by atoms with Crippen LogP contribution >= 0.6 is 0 Å². The number of nitrogens with one attached hydrogen (secondary N) is 1. The average molecular weight is 232 g/mol. The highest BCUT2D eigenvalue weighted by atomic mass is 15.1. The summed E-state index contributed by atoms with van der Waals surface area (Å²) in [4.78, 5) is 2.38. The van der Waals surface area contributed by atoms with Crippen molar-refractivity contribution >= 4 is 0 Å². The lowest BCUT2D eigenvalue weighted by molar-refractivity contribution is 0.209. The molecule has 1 fully saturated rings. The summed E-state index contributed by atoms with van der Waals surface area (Å²) in [7, 11) is 4.40. The zero-order valence-corrected chi connectivity index (χ0v) is 11.5. The molecule has 0 saturated carbocycles. The summed E-state index contributed by atoms with van der Waals surface area (Å²) in [5, 5.41) is 3.53. The minimum absolute atomic E-state index is 0.623. The van der Waals surface area contributed by atoms with Crippen molar-refractivity contribution < 1.29 is 0 Å². The summed E-state index contributed by atoms with van der Waals surface area (Å²) in [6, 6.07) is 7.62. The average Bonchev–Trinajstić information content (AvgIpc) is 2.27. The van der Waals surface area contributed by atoms with Crippen molar-refractivity contribution in [3.05, 3.63) is 34.9 Å². The van der Waals surface area contributed by atoms with E-state index in [1.807, 2.05) is 0 Å². The molecule has 1 N–H and O–H groups in total. The number of hydrogen-bond acceptors (Lipinski definition) is 2. The van der Waals surface area contributed by atoms with Gasteiger partial charge in [-0.1, -0.05) is 29.3 Å². The minimum atomic E-state index is 0.623. The Labute approximate surface area is 105 Å². The van der Waals surface area contributed by atoms with Gasteiger partial charge in [-0.25, -0.2) is 0 Å². The van der Waals surface area contributed by atoms with E-state index in [1.165, 1.54) is 23.1 Å². The molecule has 0 radical (unpaired) electrons. The Morgan fingerprint density at radius 3 is 2.35 bits per heavy atom. The van der Waals surface area contributed by atoms with Crippen LogP contribution in [-0.4, -0.2) is 38.1 Å². The number of hydrogen-bond donors (Lipinski definition) is 1. The van der Waals surface area contributed by atoms with E-state index in [9.17, 15) is 0 Å². The molecule has 2 unspecified atom stereocenters. The first-order valence-electron chi connectivity index (χ1n) is 6.53. The second-order valence-corrected chi connectivity index (χ2v) is 5.55. The van der Waals surface area contributed by atoms with Crippen LogP contribution in [0.2, 0.25) is 0 Å². The molecule has 2 heteroatoms. The number of piperidine rings is 1. The summed E-state index contributed by atoms with van der Waals surface area (Å²) in [6.45, 7) is 6.63. The second kappa shape index (κ2) is 5.19. The van der Waals surface area contributed by atoms with Crippen LogP contribution in [0.25, 0.3) is 0 Å². The van der Waals surface area contributed by atoms with Crippen LogP contribution in [-0.2, 0) is 0 Å². The van der Waals surface area contributed by atoms with E-state index >= 15 is 0 Å². The lowest BCUT2D eigenvalue weighted by atomic mass is 9.85. The molecular weight excluding hydrogens is 208 g/mol. The maximum Gasteiger partial charge on any atom is 0.0182 e. The molecule has 2 rings (SSSR count). The number of aryl methyl sites for hydroxylation is 2. The second-order valence-electron chi connectivity index (χ2n) is 5.55. The topological polar surface area (TPSA) is 15.3 Å². The van der Waals surface area contributed by atoms with Gasteiger partial charge in [0.05, 0.1) is 0 Å². The third-order valence-corrected chi connectivity index (χ3v) is 3.78. The molecular formula is C15H24N2. The Kier molecular flexibility index (Phi) is 3.85. The Bertz CT molecular complexity index is 364. The van der Waals surface area contributed by atoms with Gasteiger partial charge in [0.1, 0.15) is 0 Å². The molecule has 94 valence electrons. The molecule has 17 heavy (non-hydrogen) atoms. The highest BCUT2D eigenvalue weighted by Crippen LogP contribution is 2.28. The smallest absolute Gasteiger partial charge is 0.0182 e. The lowest BCUT2D eigenvalue weighted by Crippen LogP contribution is -2.45. The highest BCUT2D eigenvalue weighted by Gasteiger charge is 2.27. The number of rotatable bonds is 2. The van der Waals surface area contributed by atoms with Gasteiger partial charge in [0, 0.05) is 18.5 Å². The van der Waals surface area contributed by atoms with Crippen molar-refractivity contribution in [1.29, 1.82) is 0 Å². The molecule has 0 spiro atoms. The first kappa shape index (κ1) is 12.6. The summed E-state index contributed by atoms with van der Waals surface area (Å²) in [5.41, 5.74) is 4.25. The molecule has 0 amide bonds. The SMILES string of the molecule is Cc1cc(C)cc(C2CNCCC2N(C)C)c1. The quantitative estimate of drug-likeness (QED) is 0.842. The summed E-state index contributed by atoms with van der Waals surface area (Å²) < 4.78 is 0. The fourth-order valence-corrected chi connectivity index (χ4v) is 3.03. The Morgan fingerprint density at radius 2 is 1.76 bits per heavy atom. The van der Waals surface area contributed by atoms with E-state index in [4.69, 9.17) is 0 Å². The Hall–Kier alpha value is -0.860. The normalized spacial score (nSPS) is 25.2. The van der Waals surface area contributed by atoms with Gasteiger partial charge in [0.25, 0.3) is 0 Å². The van der Waals surface area contributed by atoms with E-state index in [0.717, 1.165) is 13.1 Å². The van der Waals surface area contributed by atoms with Crippen LogP contribution in [0.4, 0.5) is 0 Å². The minimum Gasteiger partial charge on any atom is -0.316 e. The molecule has 1 aromatic rings. The Balaban J connectivity index is 2.29. The standard InChI is InChI=1S/C15H24N2/c1-11-7-12(2)9-13(8-11)14-10-16-6-5-15(14)17(3)4/h7-9,14-16H,5-6,10H2,1-4H3. The van der Waals surface area contributed by atoms with Crippen molar-refractivity contribution in [2.45, 2.75) is 32.2 Å². The van der Waals surface area contributed by atoms with Crippen molar-refractivity contribution in [3.63, 3.8) is 0 Å². The summed E-state index contributed by atoms with van der Waals surface area (Å²) in [5.74, 6) is 0.623. The van der Waals surface area contributed by atoms with Crippen molar-refractivity contribution in [1.82, 2.24) is 10.2 Å². The molecule has 2 atom stereocenters. The molecule has 1 aromatic carbocycles. The maximum atomic E-state index is 3.53. The summed E-state index contributed by atoms with van der Waals surface area (Å²) >= 11 is 0. The first-order valence-corrected chi connectivity index (χ1v) is 6.53. The largest absolute Gasteiger partial charge is 0.316 e. The van der Waals surface area contributed by atoms with Gasteiger partial charge in [0.2, 0.25) is 0 Å². The Morgan fingerprint density at radius 1 is 1.12 bits per heavy atom. The number of nitrogens with zero attached hydrogens (tertiary/aromatic N) is 1. The van der Waals surface area contributed by atoms with E-state index in [1.54, 1.807) is 0 Å². The third kappa shape index (κ3) is 2.88. The molecule has 1 aliphatic heterocycles. The van der Waals surface area contributed by atoms with Gasteiger partial charge in [-0.05, 0) is 46.5 Å². The fraction of sp³-hybridized carbons (Fsp3) is 0.600. The number of likely N-dealkylation sites (N-methyl/N-ethyl adjacent to an activating group) is 1. The zero-order chi connectivity index (χ0) is 12.4. The van der Waals surface area contributed by atoms with Crippen LogP contribution in [0.1, 0.15) is 29.0 Å². The zero-order valence-electron chi connectivity index (χ0n) is 11.5. The predicted octanol–water partition coefficient (Wildman–Crippen LogP) is 2.31. The van der Waals surface area contributed by atoms with E-state index < -0.39 is 0 Å². The number of benzene rings is 1. The van der Waals surface area contributed by atoms with Gasteiger partial charge in [-0.15, -0.1) is 0 Å². The van der Waals surface area contributed by atoms with Gasteiger partial charge in [-0.3, -0.25) is 0 Å². The third-order valence-electron chi connectivity index (χ3n) is 3.78. The van der Waals surface area contributed by atoms with Gasteiger partial charge in [-0.2, -0.15) is 0 Å². The van der Waals surface area contributed by atoms with E-state index in [2.05, 4.69) is 56.4 Å². The monoisotopic (exact) mass is 232 g/mol.